The molecule has 0 fully saturated rings. The van der Waals surface area contributed by atoms with Gasteiger partial charge in [-0.05, 0) is 31.2 Å². The monoisotopic (exact) mass is 234 g/mol. The van der Waals surface area contributed by atoms with Crippen molar-refractivity contribution in [1.29, 1.82) is 0 Å². The van der Waals surface area contributed by atoms with E-state index in [-0.39, 0.29) is 11.9 Å². The molecule has 0 spiro atoms. The van der Waals surface area contributed by atoms with Crippen molar-refractivity contribution in [3.63, 3.8) is 0 Å². The molecule has 1 aromatic heterocycles. The molecule has 2 aromatic rings. The molecule has 1 unspecified atom stereocenters. The standard InChI is InChI=1S/C12H15FN4/c1-3-15-9(2)10-4-5-12(11(13)6-10)17-8-14-7-16-17/h4-9,15H,3H2,1-2H3. The topological polar surface area (TPSA) is 42.7 Å². The van der Waals surface area contributed by atoms with Gasteiger partial charge in [0.1, 0.15) is 24.2 Å². The van der Waals surface area contributed by atoms with Crippen LogP contribution < -0.4 is 5.32 Å². The molecule has 90 valence electrons. The van der Waals surface area contributed by atoms with Gasteiger partial charge in [0.15, 0.2) is 0 Å². The first-order valence-electron chi connectivity index (χ1n) is 5.60. The van der Waals surface area contributed by atoms with Crippen LogP contribution in [0.15, 0.2) is 30.9 Å². The van der Waals surface area contributed by atoms with E-state index >= 15 is 0 Å². The summed E-state index contributed by atoms with van der Waals surface area (Å²) in [4.78, 5) is 3.80. The highest BCUT2D eigenvalue weighted by atomic mass is 19.1. The number of hydrogen-bond acceptors (Lipinski definition) is 3. The van der Waals surface area contributed by atoms with Crippen molar-refractivity contribution in [2.75, 3.05) is 6.54 Å². The molecule has 4 nitrogen and oxygen atoms in total. The Balaban J connectivity index is 2.29. The Labute approximate surface area is 99.5 Å². The van der Waals surface area contributed by atoms with Crippen molar-refractivity contribution in [1.82, 2.24) is 20.1 Å². The highest BCUT2D eigenvalue weighted by Gasteiger charge is 2.09. The van der Waals surface area contributed by atoms with Gasteiger partial charge < -0.3 is 5.32 Å². The van der Waals surface area contributed by atoms with Gasteiger partial charge in [0, 0.05) is 6.04 Å². The van der Waals surface area contributed by atoms with Crippen molar-refractivity contribution in [3.8, 4) is 5.69 Å². The largest absolute Gasteiger partial charge is 0.310 e. The SMILES string of the molecule is CCNC(C)c1ccc(-n2cncn2)c(F)c1. The summed E-state index contributed by atoms with van der Waals surface area (Å²) in [6.45, 7) is 4.89. The van der Waals surface area contributed by atoms with Crippen LogP contribution in [0.5, 0.6) is 0 Å². The van der Waals surface area contributed by atoms with Crippen LogP contribution in [0.2, 0.25) is 0 Å². The Bertz CT molecular complexity index is 481. The summed E-state index contributed by atoms with van der Waals surface area (Å²) in [6.07, 6.45) is 2.86. The van der Waals surface area contributed by atoms with E-state index in [0.29, 0.717) is 5.69 Å². The molecule has 17 heavy (non-hydrogen) atoms. The van der Waals surface area contributed by atoms with Crippen molar-refractivity contribution < 1.29 is 4.39 Å². The number of rotatable bonds is 4. The van der Waals surface area contributed by atoms with E-state index in [0.717, 1.165) is 12.1 Å². The van der Waals surface area contributed by atoms with Crippen LogP contribution >= 0.6 is 0 Å². The summed E-state index contributed by atoms with van der Waals surface area (Å²) in [5.41, 5.74) is 1.34. The zero-order valence-corrected chi connectivity index (χ0v) is 9.89. The van der Waals surface area contributed by atoms with Gasteiger partial charge in [0.2, 0.25) is 0 Å². The van der Waals surface area contributed by atoms with E-state index in [1.54, 1.807) is 6.07 Å². The Morgan fingerprint density at radius 3 is 2.88 bits per heavy atom. The van der Waals surface area contributed by atoms with Crippen LogP contribution in [0.25, 0.3) is 5.69 Å². The lowest BCUT2D eigenvalue weighted by atomic mass is 10.1. The third-order valence-corrected chi connectivity index (χ3v) is 2.65. The van der Waals surface area contributed by atoms with Gasteiger partial charge in [-0.3, -0.25) is 0 Å². The maximum atomic E-state index is 13.9. The molecule has 5 heteroatoms. The van der Waals surface area contributed by atoms with E-state index < -0.39 is 0 Å². The molecule has 0 aliphatic rings. The Kier molecular flexibility index (Phi) is 3.49. The fourth-order valence-electron chi connectivity index (χ4n) is 1.73. The van der Waals surface area contributed by atoms with E-state index in [9.17, 15) is 4.39 Å². The van der Waals surface area contributed by atoms with Gasteiger partial charge in [-0.25, -0.2) is 14.1 Å². The first-order valence-corrected chi connectivity index (χ1v) is 5.60. The van der Waals surface area contributed by atoms with Crippen LogP contribution in [0.1, 0.15) is 25.5 Å². The fraction of sp³-hybridized carbons (Fsp3) is 0.333. The summed E-state index contributed by atoms with van der Waals surface area (Å²) in [5, 5.41) is 7.15. The maximum Gasteiger partial charge on any atom is 0.149 e. The van der Waals surface area contributed by atoms with E-state index in [4.69, 9.17) is 0 Å². The second kappa shape index (κ2) is 5.05. The number of hydrogen-bond donors (Lipinski definition) is 1. The average Bonchev–Trinajstić information content (AvgIpc) is 2.82. The number of nitrogens with one attached hydrogen (secondary N) is 1. The van der Waals surface area contributed by atoms with Crippen molar-refractivity contribution in [2.45, 2.75) is 19.9 Å². The summed E-state index contributed by atoms with van der Waals surface area (Å²) < 4.78 is 15.3. The first-order chi connectivity index (χ1) is 8.22. The molecule has 0 aliphatic heterocycles. The minimum Gasteiger partial charge on any atom is -0.310 e. The molecular weight excluding hydrogens is 219 g/mol. The summed E-state index contributed by atoms with van der Waals surface area (Å²) in [7, 11) is 0. The zero-order chi connectivity index (χ0) is 12.3. The Hall–Kier alpha value is -1.75. The first kappa shape index (κ1) is 11.7. The highest BCUT2D eigenvalue weighted by molar-refractivity contribution is 5.36. The number of aromatic nitrogens is 3. The Morgan fingerprint density at radius 1 is 1.47 bits per heavy atom. The van der Waals surface area contributed by atoms with Gasteiger partial charge in [-0.1, -0.05) is 13.0 Å². The molecule has 1 N–H and O–H groups in total. The van der Waals surface area contributed by atoms with Crippen LogP contribution in [-0.4, -0.2) is 21.3 Å². The van der Waals surface area contributed by atoms with E-state index in [1.807, 2.05) is 19.9 Å². The number of nitrogens with zero attached hydrogens (tertiary/aromatic N) is 3. The van der Waals surface area contributed by atoms with Gasteiger partial charge in [-0.2, -0.15) is 5.10 Å². The fourth-order valence-corrected chi connectivity index (χ4v) is 1.73. The zero-order valence-electron chi connectivity index (χ0n) is 9.89. The minimum atomic E-state index is -0.294. The summed E-state index contributed by atoms with van der Waals surface area (Å²) >= 11 is 0. The van der Waals surface area contributed by atoms with Crippen LogP contribution in [0.3, 0.4) is 0 Å². The normalized spacial score (nSPS) is 12.6. The lowest BCUT2D eigenvalue weighted by Gasteiger charge is -2.13. The lowest BCUT2D eigenvalue weighted by molar-refractivity contribution is 0.577. The third-order valence-electron chi connectivity index (χ3n) is 2.65. The van der Waals surface area contributed by atoms with E-state index in [2.05, 4.69) is 15.4 Å². The van der Waals surface area contributed by atoms with E-state index in [1.165, 1.54) is 23.4 Å². The van der Waals surface area contributed by atoms with Crippen LogP contribution in [0.4, 0.5) is 4.39 Å². The molecule has 1 heterocycles. The third kappa shape index (κ3) is 2.50. The van der Waals surface area contributed by atoms with Crippen molar-refractivity contribution in [3.05, 3.63) is 42.2 Å². The van der Waals surface area contributed by atoms with Crippen molar-refractivity contribution >= 4 is 0 Å². The van der Waals surface area contributed by atoms with Gasteiger partial charge in [-0.15, -0.1) is 0 Å². The van der Waals surface area contributed by atoms with Gasteiger partial charge in [0.05, 0.1) is 0 Å². The molecule has 0 saturated carbocycles. The summed E-state index contributed by atoms with van der Waals surface area (Å²) in [5.74, 6) is -0.294. The second-order valence-corrected chi connectivity index (χ2v) is 3.83. The molecule has 0 aliphatic carbocycles. The minimum absolute atomic E-state index is 0.138. The molecule has 0 bridgehead atoms. The predicted molar refractivity (Wildman–Crippen MR) is 63.4 cm³/mol. The smallest absolute Gasteiger partial charge is 0.149 e. The number of halogens is 1. The van der Waals surface area contributed by atoms with Crippen LogP contribution in [-0.2, 0) is 0 Å². The van der Waals surface area contributed by atoms with Crippen LogP contribution in [0, 0.1) is 5.82 Å². The second-order valence-electron chi connectivity index (χ2n) is 3.83. The lowest BCUT2D eigenvalue weighted by Crippen LogP contribution is -2.18. The van der Waals surface area contributed by atoms with Gasteiger partial charge in [0.25, 0.3) is 0 Å². The summed E-state index contributed by atoms with van der Waals surface area (Å²) in [6, 6.07) is 5.28. The van der Waals surface area contributed by atoms with Crippen molar-refractivity contribution in [2.24, 2.45) is 0 Å². The molecule has 2 rings (SSSR count). The average molecular weight is 234 g/mol. The maximum absolute atomic E-state index is 13.9. The highest BCUT2D eigenvalue weighted by Crippen LogP contribution is 2.18. The number of benzene rings is 1. The van der Waals surface area contributed by atoms with Gasteiger partial charge >= 0.3 is 0 Å². The Morgan fingerprint density at radius 2 is 2.29 bits per heavy atom. The molecule has 1 atom stereocenters. The molecule has 0 amide bonds. The molecule has 0 radical (unpaired) electrons. The molecule has 1 aromatic carbocycles. The predicted octanol–water partition coefficient (Wildman–Crippen LogP) is 2.08. The molecular formula is C12H15FN4. The molecule has 0 saturated heterocycles. The quantitative estimate of drug-likeness (QED) is 0.880.